The molecular formula is C12H24ClN6O+. The monoisotopic (exact) mass is 303 g/mol. The van der Waals surface area contributed by atoms with Crippen LogP contribution < -0.4 is 10.6 Å². The van der Waals surface area contributed by atoms with E-state index in [0.29, 0.717) is 29.5 Å². The fraction of sp³-hybridized carbons (Fsp3) is 0.750. The Morgan fingerprint density at radius 3 is 2.30 bits per heavy atom. The van der Waals surface area contributed by atoms with Crippen LogP contribution in [0.4, 0.5) is 11.9 Å². The molecule has 1 atom stereocenters. The van der Waals surface area contributed by atoms with Gasteiger partial charge < -0.3 is 20.2 Å². The van der Waals surface area contributed by atoms with Crippen LogP contribution in [0.3, 0.4) is 0 Å². The third-order valence-electron chi connectivity index (χ3n) is 2.28. The zero-order valence-corrected chi connectivity index (χ0v) is 13.4. The van der Waals surface area contributed by atoms with Crippen LogP contribution in [-0.4, -0.2) is 70.9 Å². The van der Waals surface area contributed by atoms with Gasteiger partial charge in [-0.2, -0.15) is 15.0 Å². The van der Waals surface area contributed by atoms with Gasteiger partial charge in [0.1, 0.15) is 12.6 Å². The number of nitrogens with one attached hydrogen (secondary N) is 2. The van der Waals surface area contributed by atoms with Gasteiger partial charge >= 0.3 is 0 Å². The second-order valence-electron chi connectivity index (χ2n) is 6.06. The van der Waals surface area contributed by atoms with E-state index in [2.05, 4.69) is 25.6 Å². The normalized spacial score (nSPS) is 13.4. The third kappa shape index (κ3) is 6.83. The van der Waals surface area contributed by atoms with E-state index < -0.39 is 6.10 Å². The van der Waals surface area contributed by atoms with Gasteiger partial charge in [0.2, 0.25) is 17.2 Å². The van der Waals surface area contributed by atoms with Crippen LogP contribution in [0.2, 0.25) is 5.28 Å². The second-order valence-corrected chi connectivity index (χ2v) is 6.40. The van der Waals surface area contributed by atoms with Crippen LogP contribution in [0.25, 0.3) is 0 Å². The summed E-state index contributed by atoms with van der Waals surface area (Å²) in [6.07, 6.45) is -0.493. The molecule has 7 nitrogen and oxygen atoms in total. The van der Waals surface area contributed by atoms with Crippen LogP contribution in [-0.2, 0) is 0 Å². The molecular weight excluding hydrogens is 280 g/mol. The van der Waals surface area contributed by atoms with Crippen LogP contribution in [0.15, 0.2) is 0 Å². The van der Waals surface area contributed by atoms with Gasteiger partial charge in [0.05, 0.1) is 21.1 Å². The maximum absolute atomic E-state index is 9.93. The van der Waals surface area contributed by atoms with E-state index in [4.69, 9.17) is 11.6 Å². The Labute approximate surface area is 125 Å². The minimum atomic E-state index is -0.493. The number of hydrogen-bond acceptors (Lipinski definition) is 6. The molecule has 1 aromatic heterocycles. The van der Waals surface area contributed by atoms with E-state index in [-0.39, 0.29) is 11.3 Å². The third-order valence-corrected chi connectivity index (χ3v) is 2.45. The molecule has 0 bridgehead atoms. The first-order chi connectivity index (χ1) is 9.15. The first-order valence-electron chi connectivity index (χ1n) is 6.56. The number of nitrogens with zero attached hydrogens (tertiary/aromatic N) is 4. The molecule has 0 saturated carbocycles. The second kappa shape index (κ2) is 7.01. The number of halogens is 1. The molecule has 114 valence electrons. The molecule has 0 radical (unpaired) electrons. The van der Waals surface area contributed by atoms with Crippen molar-refractivity contribution in [3.63, 3.8) is 0 Å². The van der Waals surface area contributed by atoms with Gasteiger partial charge in [0.15, 0.2) is 0 Å². The Hall–Kier alpha value is -1.18. The van der Waals surface area contributed by atoms with E-state index >= 15 is 0 Å². The summed E-state index contributed by atoms with van der Waals surface area (Å²) < 4.78 is 0.682. The zero-order valence-electron chi connectivity index (χ0n) is 12.7. The molecule has 0 saturated heterocycles. The van der Waals surface area contributed by atoms with Gasteiger partial charge in [-0.25, -0.2) is 0 Å². The average Bonchev–Trinajstić information content (AvgIpc) is 2.22. The zero-order chi connectivity index (χ0) is 15.3. The first kappa shape index (κ1) is 16.9. The van der Waals surface area contributed by atoms with E-state index in [1.165, 1.54) is 0 Å². The molecule has 20 heavy (non-hydrogen) atoms. The SMILES string of the molecule is CC(C)Nc1nc(Cl)nc(NCC(O)C[N+](C)(C)C)n1. The van der Waals surface area contributed by atoms with Crippen LogP contribution in [0.5, 0.6) is 0 Å². The van der Waals surface area contributed by atoms with Crippen molar-refractivity contribution in [1.82, 2.24) is 15.0 Å². The highest BCUT2D eigenvalue weighted by Crippen LogP contribution is 2.10. The molecule has 1 aromatic rings. The summed E-state index contributed by atoms with van der Waals surface area (Å²) in [7, 11) is 6.06. The molecule has 0 aliphatic carbocycles. The highest BCUT2D eigenvalue weighted by molar-refractivity contribution is 6.28. The lowest BCUT2D eigenvalue weighted by atomic mass is 10.3. The molecule has 0 aliphatic heterocycles. The summed E-state index contributed by atoms with van der Waals surface area (Å²) in [5.74, 6) is 0.775. The first-order valence-corrected chi connectivity index (χ1v) is 6.94. The lowest BCUT2D eigenvalue weighted by molar-refractivity contribution is -0.873. The number of aliphatic hydroxyl groups excluding tert-OH is 1. The van der Waals surface area contributed by atoms with Gasteiger partial charge in [-0.15, -0.1) is 0 Å². The molecule has 0 spiro atoms. The lowest BCUT2D eigenvalue weighted by Crippen LogP contribution is -2.43. The summed E-state index contributed by atoms with van der Waals surface area (Å²) in [5.41, 5.74) is 0. The summed E-state index contributed by atoms with van der Waals surface area (Å²) >= 11 is 5.85. The summed E-state index contributed by atoms with van der Waals surface area (Å²) in [6, 6.07) is 0.199. The summed E-state index contributed by atoms with van der Waals surface area (Å²) in [5, 5.41) is 16.1. The Balaban J connectivity index is 2.61. The molecule has 0 aliphatic rings. The minimum Gasteiger partial charge on any atom is -0.385 e. The standard InChI is InChI=1S/C12H24ClN6O/c1-8(2)15-12-17-10(13)16-11(18-12)14-6-9(20)7-19(3,4)5/h8-9,20H,6-7H2,1-5H3,(H2,14,15,16,17,18)/q+1. The fourth-order valence-corrected chi connectivity index (χ4v) is 1.82. The van der Waals surface area contributed by atoms with Crippen LogP contribution in [0.1, 0.15) is 13.8 Å². The van der Waals surface area contributed by atoms with Crippen molar-refractivity contribution in [3.05, 3.63) is 5.28 Å². The molecule has 8 heteroatoms. The molecule has 1 unspecified atom stereocenters. The van der Waals surface area contributed by atoms with Crippen molar-refractivity contribution in [3.8, 4) is 0 Å². The Kier molecular flexibility index (Phi) is 5.91. The number of rotatable bonds is 7. The number of hydrogen-bond donors (Lipinski definition) is 3. The topological polar surface area (TPSA) is 83.0 Å². The predicted octanol–water partition coefficient (Wildman–Crippen LogP) is 0.824. The molecule has 1 rings (SSSR count). The van der Waals surface area contributed by atoms with Crippen molar-refractivity contribution in [2.24, 2.45) is 0 Å². The fourth-order valence-electron chi connectivity index (χ4n) is 1.66. The summed E-state index contributed by atoms with van der Waals surface area (Å²) in [4.78, 5) is 12.2. The maximum Gasteiger partial charge on any atom is 0.228 e. The van der Waals surface area contributed by atoms with E-state index in [9.17, 15) is 5.11 Å². The average molecular weight is 304 g/mol. The number of likely N-dealkylation sites (N-methyl/N-ethyl adjacent to an activating group) is 1. The molecule has 0 amide bonds. The van der Waals surface area contributed by atoms with E-state index in [1.807, 2.05) is 35.0 Å². The van der Waals surface area contributed by atoms with Gasteiger partial charge in [0, 0.05) is 12.6 Å². The van der Waals surface area contributed by atoms with Crippen molar-refractivity contribution < 1.29 is 9.59 Å². The Morgan fingerprint density at radius 2 is 1.75 bits per heavy atom. The number of quaternary nitrogens is 1. The van der Waals surface area contributed by atoms with Crippen LogP contribution >= 0.6 is 11.6 Å². The smallest absolute Gasteiger partial charge is 0.228 e. The Bertz CT molecular complexity index is 434. The summed E-state index contributed by atoms with van der Waals surface area (Å²) in [6.45, 7) is 4.95. The largest absolute Gasteiger partial charge is 0.385 e. The maximum atomic E-state index is 9.93. The highest BCUT2D eigenvalue weighted by Gasteiger charge is 2.16. The molecule has 0 fully saturated rings. The number of aliphatic hydroxyl groups is 1. The van der Waals surface area contributed by atoms with Gasteiger partial charge in [-0.3, -0.25) is 0 Å². The number of aromatic nitrogens is 3. The van der Waals surface area contributed by atoms with Crippen molar-refractivity contribution in [1.29, 1.82) is 0 Å². The highest BCUT2D eigenvalue weighted by atomic mass is 35.5. The van der Waals surface area contributed by atoms with Gasteiger partial charge in [0.25, 0.3) is 0 Å². The Morgan fingerprint density at radius 1 is 1.15 bits per heavy atom. The van der Waals surface area contributed by atoms with E-state index in [0.717, 1.165) is 0 Å². The minimum absolute atomic E-state index is 0.117. The van der Waals surface area contributed by atoms with Crippen LogP contribution in [0, 0.1) is 0 Å². The molecule has 0 aromatic carbocycles. The quantitative estimate of drug-likeness (QED) is 0.647. The molecule has 3 N–H and O–H groups in total. The van der Waals surface area contributed by atoms with Gasteiger partial charge in [-0.05, 0) is 25.4 Å². The molecule has 1 heterocycles. The van der Waals surface area contributed by atoms with E-state index in [1.54, 1.807) is 0 Å². The van der Waals surface area contributed by atoms with Crippen molar-refractivity contribution >= 4 is 23.5 Å². The van der Waals surface area contributed by atoms with Crippen molar-refractivity contribution in [2.45, 2.75) is 26.0 Å². The number of anilines is 2. The predicted molar refractivity (Wildman–Crippen MR) is 81.0 cm³/mol. The van der Waals surface area contributed by atoms with Gasteiger partial charge in [-0.1, -0.05) is 0 Å². The lowest BCUT2D eigenvalue weighted by Gasteiger charge is -2.26. The van der Waals surface area contributed by atoms with Crippen molar-refractivity contribution in [2.75, 3.05) is 44.9 Å².